The number of amides is 1. The summed E-state index contributed by atoms with van der Waals surface area (Å²) in [5.41, 5.74) is 2.88. The molecule has 1 aromatic carbocycles. The van der Waals surface area contributed by atoms with Gasteiger partial charge in [-0.25, -0.2) is 9.97 Å². The molecule has 178 valence electrons. The van der Waals surface area contributed by atoms with Crippen LogP contribution in [0.2, 0.25) is 0 Å². The fourth-order valence-corrected chi connectivity index (χ4v) is 5.86. The molecule has 10 nitrogen and oxygen atoms in total. The Morgan fingerprint density at radius 3 is 2.97 bits per heavy atom. The smallest absolute Gasteiger partial charge is 0.266 e. The monoisotopic (exact) mass is 524 g/mol. The first kappa shape index (κ1) is 23.5. The predicted octanol–water partition coefficient (Wildman–Crippen LogP) is 3.11. The van der Waals surface area contributed by atoms with Crippen molar-refractivity contribution in [3.63, 3.8) is 0 Å². The van der Waals surface area contributed by atoms with Crippen molar-refractivity contribution in [3.8, 4) is 11.1 Å². The first-order chi connectivity index (χ1) is 17.1. The molecule has 35 heavy (non-hydrogen) atoms. The number of hydrogen-bond donors (Lipinski definition) is 3. The maximum Gasteiger partial charge on any atom is 0.266 e. The molecule has 4 aromatic rings. The number of nitrogens with one attached hydrogen (secondary N) is 2. The molecule has 0 aliphatic carbocycles. The molecule has 0 unspecified atom stereocenters. The van der Waals surface area contributed by atoms with Crippen LogP contribution < -0.4 is 5.32 Å². The number of aryl methyl sites for hydroxylation is 1. The van der Waals surface area contributed by atoms with E-state index in [-0.39, 0.29) is 12.5 Å². The number of H-pyrrole nitrogens is 1. The number of carbonyl (C=O) groups is 1. The van der Waals surface area contributed by atoms with Gasteiger partial charge in [0.15, 0.2) is 5.82 Å². The van der Waals surface area contributed by atoms with Crippen LogP contribution in [0.1, 0.15) is 17.1 Å². The molecule has 13 heteroatoms. The predicted molar refractivity (Wildman–Crippen MR) is 141 cm³/mol. The van der Waals surface area contributed by atoms with Crippen LogP contribution in [0, 0.1) is 0 Å². The van der Waals surface area contributed by atoms with E-state index in [1.807, 2.05) is 24.3 Å². The van der Waals surface area contributed by atoms with Gasteiger partial charge in [0.1, 0.15) is 16.5 Å². The summed E-state index contributed by atoms with van der Waals surface area (Å²) in [4.78, 5) is 24.8. The Bertz CT molecular complexity index is 1400. The summed E-state index contributed by atoms with van der Waals surface area (Å²) in [6.07, 6.45) is 4.72. The van der Waals surface area contributed by atoms with Gasteiger partial charge in [0.25, 0.3) is 5.91 Å². The summed E-state index contributed by atoms with van der Waals surface area (Å²) >= 11 is 8.33. The maximum atomic E-state index is 12.9. The van der Waals surface area contributed by atoms with Crippen LogP contribution in [0.15, 0.2) is 40.9 Å². The highest BCUT2D eigenvalue weighted by Gasteiger charge is 2.31. The summed E-state index contributed by atoms with van der Waals surface area (Å²) in [5.74, 6) is 1.23. The minimum atomic E-state index is -0.0782. The third-order valence-electron chi connectivity index (χ3n) is 5.31. The zero-order valence-corrected chi connectivity index (χ0v) is 20.8. The normalized spacial score (nSPS) is 15.0. The zero-order valence-electron chi connectivity index (χ0n) is 18.3. The molecule has 1 fully saturated rings. The number of fused-ring (bicyclic) bond motifs is 1. The van der Waals surface area contributed by atoms with Crippen LogP contribution in [0.4, 0.5) is 5.82 Å². The molecule has 0 bridgehead atoms. The second kappa shape index (κ2) is 10.6. The number of carbonyl (C=O) groups excluding carboxylic acids is 1. The van der Waals surface area contributed by atoms with E-state index in [4.69, 9.17) is 17.3 Å². The van der Waals surface area contributed by atoms with E-state index in [1.165, 1.54) is 18.1 Å². The highest BCUT2D eigenvalue weighted by Crippen LogP contribution is 2.35. The molecule has 1 aliphatic rings. The first-order valence-corrected chi connectivity index (χ1v) is 12.9. The van der Waals surface area contributed by atoms with Crippen molar-refractivity contribution in [2.45, 2.75) is 12.8 Å². The van der Waals surface area contributed by atoms with Crippen molar-refractivity contribution in [3.05, 3.63) is 51.6 Å². The number of aliphatic hydroxyl groups is 1. The van der Waals surface area contributed by atoms with Crippen LogP contribution >= 0.6 is 35.3 Å². The van der Waals surface area contributed by atoms with E-state index in [1.54, 1.807) is 16.2 Å². The molecule has 1 aliphatic heterocycles. The molecule has 4 heterocycles. The average Bonchev–Trinajstić information content (AvgIpc) is 3.61. The minimum absolute atomic E-state index is 0.0180. The molecular formula is C22H20N8O2S3. The second-order valence-corrected chi connectivity index (χ2v) is 10.2. The lowest BCUT2D eigenvalue weighted by molar-refractivity contribution is -0.122. The summed E-state index contributed by atoms with van der Waals surface area (Å²) in [6.45, 7) is 0.941. The number of hydrogen-bond acceptors (Lipinski definition) is 11. The van der Waals surface area contributed by atoms with E-state index < -0.39 is 0 Å². The molecule has 0 saturated carbocycles. The molecule has 3 N–H and O–H groups in total. The topological polar surface area (TPSA) is 133 Å². The van der Waals surface area contributed by atoms with Gasteiger partial charge in [-0.2, -0.15) is 5.21 Å². The van der Waals surface area contributed by atoms with Crippen LogP contribution in [-0.4, -0.2) is 70.5 Å². The van der Waals surface area contributed by atoms with Crippen molar-refractivity contribution in [2.24, 2.45) is 0 Å². The van der Waals surface area contributed by atoms with Crippen LogP contribution in [-0.2, 0) is 11.2 Å². The second-order valence-electron chi connectivity index (χ2n) is 7.61. The van der Waals surface area contributed by atoms with Gasteiger partial charge < -0.3 is 10.4 Å². The molecule has 1 amide bonds. The fraction of sp³-hybridized carbons (Fsp3) is 0.227. The number of aliphatic hydroxyl groups excluding tert-OH is 1. The Hall–Kier alpha value is -3.26. The molecule has 3 aromatic heterocycles. The van der Waals surface area contributed by atoms with Crippen LogP contribution in [0.3, 0.4) is 0 Å². The Labute approximate surface area is 213 Å². The Kier molecular flexibility index (Phi) is 7.08. The Morgan fingerprint density at radius 1 is 1.23 bits per heavy atom. The molecule has 0 atom stereocenters. The van der Waals surface area contributed by atoms with Crippen molar-refractivity contribution in [1.29, 1.82) is 0 Å². The van der Waals surface area contributed by atoms with Crippen LogP contribution in [0.25, 0.3) is 28.1 Å². The number of rotatable bonds is 9. The van der Waals surface area contributed by atoms with E-state index >= 15 is 0 Å². The fourth-order valence-electron chi connectivity index (χ4n) is 3.64. The SMILES string of the molecule is O=C1/C(=C/c2cc(-c3ccc4ncnc(NCCO)c4c3)cs2)SC(=S)N1CCCc1nn[nH]n1. The van der Waals surface area contributed by atoms with Gasteiger partial charge in [-0.05, 0) is 47.2 Å². The van der Waals surface area contributed by atoms with Gasteiger partial charge in [-0.1, -0.05) is 35.3 Å². The van der Waals surface area contributed by atoms with E-state index in [0.29, 0.717) is 46.8 Å². The Morgan fingerprint density at radius 2 is 2.14 bits per heavy atom. The van der Waals surface area contributed by atoms with Crippen LogP contribution in [0.5, 0.6) is 0 Å². The number of benzene rings is 1. The van der Waals surface area contributed by atoms with Gasteiger partial charge in [-0.3, -0.25) is 9.69 Å². The van der Waals surface area contributed by atoms with Crippen molar-refractivity contribution >= 4 is 68.3 Å². The molecule has 1 saturated heterocycles. The molecular weight excluding hydrogens is 504 g/mol. The van der Waals surface area contributed by atoms with Gasteiger partial charge in [0.05, 0.1) is 17.0 Å². The maximum absolute atomic E-state index is 12.9. The quantitative estimate of drug-likeness (QED) is 0.222. The minimum Gasteiger partial charge on any atom is -0.395 e. The number of aromatic amines is 1. The van der Waals surface area contributed by atoms with Gasteiger partial charge >= 0.3 is 0 Å². The number of tetrazole rings is 1. The van der Waals surface area contributed by atoms with Gasteiger partial charge in [0.2, 0.25) is 0 Å². The van der Waals surface area contributed by atoms with Gasteiger partial charge in [0, 0.05) is 29.8 Å². The Balaban J connectivity index is 1.31. The standard InChI is InChI=1S/C22H20N8O2S3/c31-7-5-23-20-16-9-13(3-4-17(16)24-12-25-20)14-8-15(34-11-14)10-18-21(32)30(22(33)35-18)6-1-2-19-26-28-29-27-19/h3-4,8-12,31H,1-2,5-7H2,(H,23,24,25)(H,26,27,28,29)/b18-10-. The third kappa shape index (κ3) is 5.22. The summed E-state index contributed by atoms with van der Waals surface area (Å²) in [7, 11) is 0. The highest BCUT2D eigenvalue weighted by atomic mass is 32.2. The number of nitrogens with zero attached hydrogens (tertiary/aromatic N) is 6. The van der Waals surface area contributed by atoms with Crippen molar-refractivity contribution in [1.82, 2.24) is 35.5 Å². The number of thiocarbonyl (C=S) groups is 1. The lowest BCUT2D eigenvalue weighted by atomic mass is 10.1. The average molecular weight is 525 g/mol. The van der Waals surface area contributed by atoms with Crippen molar-refractivity contribution < 1.29 is 9.90 Å². The van der Waals surface area contributed by atoms with E-state index in [9.17, 15) is 4.79 Å². The number of thiophene rings is 1. The summed E-state index contributed by atoms with van der Waals surface area (Å²) < 4.78 is 0.559. The lowest BCUT2D eigenvalue weighted by Crippen LogP contribution is -2.29. The van der Waals surface area contributed by atoms with Crippen molar-refractivity contribution in [2.75, 3.05) is 25.0 Å². The third-order valence-corrected chi connectivity index (χ3v) is 7.57. The molecule has 0 radical (unpaired) electrons. The molecule has 0 spiro atoms. The van der Waals surface area contributed by atoms with E-state index in [0.717, 1.165) is 26.9 Å². The highest BCUT2D eigenvalue weighted by molar-refractivity contribution is 8.26. The lowest BCUT2D eigenvalue weighted by Gasteiger charge is -2.13. The molecule has 5 rings (SSSR count). The largest absolute Gasteiger partial charge is 0.395 e. The number of anilines is 1. The first-order valence-electron chi connectivity index (χ1n) is 10.8. The number of aromatic nitrogens is 6. The summed E-state index contributed by atoms with van der Waals surface area (Å²) in [6, 6.07) is 8.05. The number of thioether (sulfide) groups is 1. The van der Waals surface area contributed by atoms with E-state index in [2.05, 4.69) is 47.4 Å². The summed E-state index contributed by atoms with van der Waals surface area (Å²) in [5, 5.41) is 29.0. The van der Waals surface area contributed by atoms with Gasteiger partial charge in [-0.15, -0.1) is 21.5 Å². The zero-order chi connectivity index (χ0) is 24.2.